The van der Waals surface area contributed by atoms with Crippen LogP contribution in [0.5, 0.6) is 0 Å². The molecule has 1 aromatic rings. The van der Waals surface area contributed by atoms with Crippen LogP contribution in [-0.2, 0) is 6.42 Å². The van der Waals surface area contributed by atoms with E-state index >= 15 is 0 Å². The van der Waals surface area contributed by atoms with Crippen LogP contribution in [0.3, 0.4) is 0 Å². The summed E-state index contributed by atoms with van der Waals surface area (Å²) in [6, 6.07) is 5.55. The molecule has 0 aliphatic heterocycles. The van der Waals surface area contributed by atoms with Gasteiger partial charge in [-0.3, -0.25) is 0 Å². The van der Waals surface area contributed by atoms with E-state index in [9.17, 15) is 13.2 Å². The van der Waals surface area contributed by atoms with Gasteiger partial charge in [0.05, 0.1) is 0 Å². The number of hydrogen-bond acceptors (Lipinski definition) is 0. The second-order valence-electron chi connectivity index (χ2n) is 3.56. The summed E-state index contributed by atoms with van der Waals surface area (Å²) in [6.07, 6.45) is -0.484. The zero-order valence-corrected chi connectivity index (χ0v) is 9.06. The molecule has 1 aromatic carbocycles. The molecule has 3 heteroatoms. The van der Waals surface area contributed by atoms with Crippen LogP contribution in [0.25, 0.3) is 6.08 Å². The highest BCUT2D eigenvalue weighted by Gasteiger charge is 2.06. The Labute approximate surface area is 93.1 Å². The van der Waals surface area contributed by atoms with Crippen molar-refractivity contribution in [2.75, 3.05) is 0 Å². The summed E-state index contributed by atoms with van der Waals surface area (Å²) in [5.41, 5.74) is 2.81. The van der Waals surface area contributed by atoms with E-state index in [0.29, 0.717) is 0 Å². The Hall–Kier alpha value is -1.51. The van der Waals surface area contributed by atoms with E-state index in [1.807, 2.05) is 25.1 Å². The second-order valence-corrected chi connectivity index (χ2v) is 3.56. The van der Waals surface area contributed by atoms with Gasteiger partial charge in [-0.1, -0.05) is 30.9 Å². The molecule has 0 unspecified atom stereocenters. The van der Waals surface area contributed by atoms with Crippen molar-refractivity contribution in [2.24, 2.45) is 0 Å². The first-order chi connectivity index (χ1) is 7.54. The normalized spacial score (nSPS) is 10.0. The molecule has 1 rings (SSSR count). The fourth-order valence-corrected chi connectivity index (χ4v) is 1.47. The first kappa shape index (κ1) is 12.6. The molecule has 0 fully saturated rings. The van der Waals surface area contributed by atoms with Gasteiger partial charge in [-0.2, -0.15) is 8.78 Å². The van der Waals surface area contributed by atoms with Gasteiger partial charge in [-0.05, 0) is 30.0 Å². The number of rotatable bonds is 4. The highest BCUT2D eigenvalue weighted by molar-refractivity contribution is 5.49. The molecule has 0 N–H and O–H groups in total. The highest BCUT2D eigenvalue weighted by Crippen LogP contribution is 2.19. The lowest BCUT2D eigenvalue weighted by molar-refractivity contribution is 0.370. The lowest BCUT2D eigenvalue weighted by Gasteiger charge is -2.05. The van der Waals surface area contributed by atoms with Gasteiger partial charge in [-0.25, -0.2) is 4.39 Å². The number of benzene rings is 1. The molecule has 0 heterocycles. The maximum absolute atomic E-state index is 12.6. The molecule has 0 amide bonds. The lowest BCUT2D eigenvalue weighted by Crippen LogP contribution is -1.91. The smallest absolute Gasteiger partial charge is 0.206 e. The van der Waals surface area contributed by atoms with Crippen molar-refractivity contribution in [3.63, 3.8) is 0 Å². The van der Waals surface area contributed by atoms with Crippen LogP contribution >= 0.6 is 0 Å². The van der Waals surface area contributed by atoms with Crippen molar-refractivity contribution in [1.29, 1.82) is 0 Å². The number of halogens is 3. The predicted octanol–water partition coefficient (Wildman–Crippen LogP) is 4.65. The Bertz CT molecular complexity index is 415. The molecule has 0 saturated carbocycles. The number of aryl methyl sites for hydroxylation is 2. The molecule has 0 radical (unpaired) electrons. The van der Waals surface area contributed by atoms with E-state index < -0.39 is 11.9 Å². The molecule has 86 valence electrons. The lowest BCUT2D eigenvalue weighted by atomic mass is 10.0. The molecular formula is C13H13F3. The summed E-state index contributed by atoms with van der Waals surface area (Å²) in [4.78, 5) is 0. The first-order valence-corrected chi connectivity index (χ1v) is 4.96. The number of allylic oxidation sites excluding steroid dienone is 1. The second kappa shape index (κ2) is 5.54. The third-order valence-corrected chi connectivity index (χ3v) is 2.42. The van der Waals surface area contributed by atoms with Crippen molar-refractivity contribution in [2.45, 2.75) is 19.8 Å². The zero-order valence-electron chi connectivity index (χ0n) is 9.06. The minimum absolute atomic E-state index is 0.253. The highest BCUT2D eigenvalue weighted by atomic mass is 19.3. The van der Waals surface area contributed by atoms with Crippen molar-refractivity contribution >= 4 is 6.08 Å². The Morgan fingerprint density at radius 1 is 1.31 bits per heavy atom. The average molecular weight is 226 g/mol. The maximum Gasteiger partial charge on any atom is 0.301 e. The Balaban J connectivity index is 2.75. The van der Waals surface area contributed by atoms with Crippen LogP contribution in [-0.4, -0.2) is 0 Å². The van der Waals surface area contributed by atoms with Crippen molar-refractivity contribution in [1.82, 2.24) is 0 Å². The monoisotopic (exact) mass is 226 g/mol. The number of hydrogen-bond donors (Lipinski definition) is 0. The molecule has 0 aliphatic carbocycles. The summed E-state index contributed by atoms with van der Waals surface area (Å²) < 4.78 is 36.3. The van der Waals surface area contributed by atoms with Gasteiger partial charge in [0.25, 0.3) is 0 Å². The molecule has 0 spiro atoms. The molecular weight excluding hydrogens is 213 g/mol. The predicted molar refractivity (Wildman–Crippen MR) is 59.9 cm³/mol. The van der Waals surface area contributed by atoms with Gasteiger partial charge < -0.3 is 0 Å². The van der Waals surface area contributed by atoms with E-state index in [2.05, 4.69) is 6.58 Å². The van der Waals surface area contributed by atoms with E-state index in [0.717, 1.165) is 16.7 Å². The largest absolute Gasteiger partial charge is 0.301 e. The van der Waals surface area contributed by atoms with Gasteiger partial charge in [0.2, 0.25) is 0 Å². The van der Waals surface area contributed by atoms with Gasteiger partial charge in [0, 0.05) is 6.42 Å². The summed E-state index contributed by atoms with van der Waals surface area (Å²) in [7, 11) is 0. The molecule has 0 bridgehead atoms. The van der Waals surface area contributed by atoms with Crippen molar-refractivity contribution < 1.29 is 13.2 Å². The standard InChI is InChI=1S/C13H13F3/c1-3-10-4-5-11(9(2)8-10)6-7-12(14)13(15)16/h3-5,8H,1,6-7H2,2H3. The van der Waals surface area contributed by atoms with Crippen LogP contribution in [0, 0.1) is 6.92 Å². The van der Waals surface area contributed by atoms with Gasteiger partial charge >= 0.3 is 6.08 Å². The summed E-state index contributed by atoms with van der Waals surface area (Å²) in [6.45, 7) is 5.50. The minimum atomic E-state index is -2.22. The van der Waals surface area contributed by atoms with Crippen LogP contribution in [0.2, 0.25) is 0 Å². The maximum atomic E-state index is 12.6. The Morgan fingerprint density at radius 3 is 2.50 bits per heavy atom. The fraction of sp³-hybridized carbons (Fsp3) is 0.231. The minimum Gasteiger partial charge on any atom is -0.206 e. The Kier molecular flexibility index (Phi) is 4.35. The fourth-order valence-electron chi connectivity index (χ4n) is 1.47. The van der Waals surface area contributed by atoms with Gasteiger partial charge in [0.1, 0.15) is 0 Å². The van der Waals surface area contributed by atoms with E-state index in [-0.39, 0.29) is 12.8 Å². The van der Waals surface area contributed by atoms with Crippen LogP contribution < -0.4 is 0 Å². The van der Waals surface area contributed by atoms with E-state index in [1.54, 1.807) is 6.08 Å². The molecule has 16 heavy (non-hydrogen) atoms. The third kappa shape index (κ3) is 3.26. The van der Waals surface area contributed by atoms with Gasteiger partial charge in [0.15, 0.2) is 5.83 Å². The first-order valence-electron chi connectivity index (χ1n) is 4.96. The van der Waals surface area contributed by atoms with Gasteiger partial charge in [-0.15, -0.1) is 0 Å². The molecule has 0 saturated heterocycles. The molecule has 0 atom stereocenters. The quantitative estimate of drug-likeness (QED) is 0.701. The topological polar surface area (TPSA) is 0 Å². The zero-order chi connectivity index (χ0) is 12.1. The average Bonchev–Trinajstić information content (AvgIpc) is 2.26. The third-order valence-electron chi connectivity index (χ3n) is 2.42. The summed E-state index contributed by atoms with van der Waals surface area (Å²) in [5.74, 6) is -1.33. The van der Waals surface area contributed by atoms with Crippen molar-refractivity contribution in [3.05, 3.63) is 53.4 Å². The van der Waals surface area contributed by atoms with E-state index in [4.69, 9.17) is 0 Å². The SMILES string of the molecule is C=Cc1ccc(CCC(F)=C(F)F)c(C)c1. The van der Waals surface area contributed by atoms with E-state index in [1.165, 1.54) is 0 Å². The molecule has 0 nitrogen and oxygen atoms in total. The molecule has 0 aromatic heterocycles. The molecule has 0 aliphatic rings. The summed E-state index contributed by atoms with van der Waals surface area (Å²) in [5, 5.41) is 0. The Morgan fingerprint density at radius 2 is 2.00 bits per heavy atom. The van der Waals surface area contributed by atoms with Crippen LogP contribution in [0.15, 0.2) is 36.7 Å². The van der Waals surface area contributed by atoms with Crippen LogP contribution in [0.4, 0.5) is 13.2 Å². The van der Waals surface area contributed by atoms with Crippen LogP contribution in [0.1, 0.15) is 23.1 Å². The summed E-state index contributed by atoms with van der Waals surface area (Å²) >= 11 is 0. The van der Waals surface area contributed by atoms with Crippen molar-refractivity contribution in [3.8, 4) is 0 Å².